The molecule has 1 aromatic rings. The molecule has 0 radical (unpaired) electrons. The number of hydrogen-bond acceptors (Lipinski definition) is 4. The van der Waals surface area contributed by atoms with Crippen molar-refractivity contribution in [1.82, 2.24) is 5.32 Å². The predicted octanol–water partition coefficient (Wildman–Crippen LogP) is 1.50. The number of piperidine rings is 1. The molecule has 0 spiro atoms. The van der Waals surface area contributed by atoms with Gasteiger partial charge in [0.1, 0.15) is 6.04 Å². The van der Waals surface area contributed by atoms with Crippen molar-refractivity contribution < 1.29 is 9.90 Å². The first-order chi connectivity index (χ1) is 10.2. The zero-order valence-electron chi connectivity index (χ0n) is 12.4. The second kappa shape index (κ2) is 6.03. The maximum atomic E-state index is 11.9. The minimum atomic E-state index is -0.238. The van der Waals surface area contributed by atoms with Crippen LogP contribution in [0.2, 0.25) is 0 Å². The molecule has 5 nitrogen and oxygen atoms in total. The van der Waals surface area contributed by atoms with Crippen LogP contribution in [0.1, 0.15) is 30.9 Å². The Hall–Kier alpha value is -1.59. The summed E-state index contributed by atoms with van der Waals surface area (Å²) in [5, 5.41) is 15.1. The normalized spacial score (nSPS) is 24.9. The third kappa shape index (κ3) is 2.76. The van der Waals surface area contributed by atoms with E-state index >= 15 is 0 Å². The number of anilines is 2. The fraction of sp³-hybridized carbons (Fsp3) is 0.562. The smallest absolute Gasteiger partial charge is 0.246 e. The molecule has 1 saturated heterocycles. The number of carbonyl (C=O) groups is 1. The van der Waals surface area contributed by atoms with Gasteiger partial charge in [-0.15, -0.1) is 0 Å². The average Bonchev–Trinajstić information content (AvgIpc) is 2.82. The summed E-state index contributed by atoms with van der Waals surface area (Å²) in [6.45, 7) is 2.30. The molecular formula is C16H23N3O2. The Labute approximate surface area is 125 Å². The first-order valence-corrected chi connectivity index (χ1v) is 7.71. The quantitative estimate of drug-likeness (QED) is 0.786. The minimum Gasteiger partial charge on any atom is -0.396 e. The second-order valence-electron chi connectivity index (χ2n) is 5.95. The van der Waals surface area contributed by atoms with E-state index in [2.05, 4.69) is 27.7 Å². The largest absolute Gasteiger partial charge is 0.396 e. The van der Waals surface area contributed by atoms with Gasteiger partial charge in [-0.25, -0.2) is 0 Å². The fourth-order valence-electron chi connectivity index (χ4n) is 3.45. The number of likely N-dealkylation sites (N-methyl/N-ethyl adjacent to an activating group) is 1. The van der Waals surface area contributed by atoms with Gasteiger partial charge in [-0.2, -0.15) is 0 Å². The highest BCUT2D eigenvalue weighted by Gasteiger charge is 2.30. The van der Waals surface area contributed by atoms with Gasteiger partial charge in [-0.1, -0.05) is 6.07 Å². The third-order valence-electron chi connectivity index (χ3n) is 4.58. The molecule has 2 heterocycles. The Morgan fingerprint density at radius 3 is 3.10 bits per heavy atom. The van der Waals surface area contributed by atoms with Gasteiger partial charge in [-0.3, -0.25) is 4.79 Å². The number of nitrogens with zero attached hydrogens (tertiary/aromatic N) is 1. The Balaban J connectivity index is 1.78. The van der Waals surface area contributed by atoms with E-state index in [9.17, 15) is 4.79 Å². The Bertz CT molecular complexity index is 530. The first-order valence-electron chi connectivity index (χ1n) is 7.71. The van der Waals surface area contributed by atoms with Crippen LogP contribution in [-0.2, 0) is 4.79 Å². The van der Waals surface area contributed by atoms with Gasteiger partial charge < -0.3 is 20.6 Å². The summed E-state index contributed by atoms with van der Waals surface area (Å²) in [7, 11) is 1.80. The molecule has 0 saturated carbocycles. The molecule has 1 aromatic carbocycles. The van der Waals surface area contributed by atoms with Crippen LogP contribution in [0, 0.1) is 5.92 Å². The molecule has 2 aliphatic rings. The minimum absolute atomic E-state index is 0.0152. The third-order valence-corrected chi connectivity index (χ3v) is 4.58. The van der Waals surface area contributed by atoms with Crippen LogP contribution >= 0.6 is 0 Å². The van der Waals surface area contributed by atoms with E-state index < -0.39 is 0 Å². The Morgan fingerprint density at radius 2 is 2.33 bits per heavy atom. The molecule has 114 valence electrons. The molecule has 2 unspecified atom stereocenters. The zero-order valence-corrected chi connectivity index (χ0v) is 12.4. The van der Waals surface area contributed by atoms with E-state index in [1.165, 1.54) is 6.42 Å². The summed E-state index contributed by atoms with van der Waals surface area (Å²) in [5.74, 6) is 0.582. The lowest BCUT2D eigenvalue weighted by molar-refractivity contribution is -0.117. The Morgan fingerprint density at radius 1 is 1.48 bits per heavy atom. The van der Waals surface area contributed by atoms with Gasteiger partial charge >= 0.3 is 0 Å². The summed E-state index contributed by atoms with van der Waals surface area (Å²) in [5.41, 5.74) is 3.10. The summed E-state index contributed by atoms with van der Waals surface area (Å²) in [6, 6.07) is 5.98. The van der Waals surface area contributed by atoms with Crippen LogP contribution < -0.4 is 15.5 Å². The maximum Gasteiger partial charge on any atom is 0.246 e. The molecular weight excluding hydrogens is 266 g/mol. The number of amides is 1. The lowest BCUT2D eigenvalue weighted by atomic mass is 9.94. The number of aliphatic hydroxyl groups excluding tert-OH is 1. The SMILES string of the molecule is CNC1C(=O)Nc2cc(N3CCCC(CCO)C3)ccc21. The van der Waals surface area contributed by atoms with Crippen molar-refractivity contribution in [3.63, 3.8) is 0 Å². The molecule has 3 N–H and O–H groups in total. The van der Waals surface area contributed by atoms with Crippen molar-refractivity contribution >= 4 is 17.3 Å². The van der Waals surface area contributed by atoms with Crippen molar-refractivity contribution in [2.24, 2.45) is 5.92 Å². The molecule has 0 aliphatic carbocycles. The van der Waals surface area contributed by atoms with Crippen LogP contribution in [0.3, 0.4) is 0 Å². The highest BCUT2D eigenvalue weighted by Crippen LogP contribution is 2.35. The molecule has 0 bridgehead atoms. The molecule has 1 fully saturated rings. The molecule has 0 aromatic heterocycles. The number of fused-ring (bicyclic) bond motifs is 1. The lowest BCUT2D eigenvalue weighted by Gasteiger charge is -2.34. The van der Waals surface area contributed by atoms with Crippen molar-refractivity contribution in [2.75, 3.05) is 37.0 Å². The van der Waals surface area contributed by atoms with Gasteiger partial charge in [0.15, 0.2) is 0 Å². The van der Waals surface area contributed by atoms with E-state index in [-0.39, 0.29) is 18.6 Å². The zero-order chi connectivity index (χ0) is 14.8. The summed E-state index contributed by atoms with van der Waals surface area (Å²) in [6.07, 6.45) is 3.23. The van der Waals surface area contributed by atoms with Gasteiger partial charge in [0, 0.05) is 36.6 Å². The number of nitrogens with one attached hydrogen (secondary N) is 2. The number of benzene rings is 1. The number of carbonyl (C=O) groups excluding carboxylic acids is 1. The van der Waals surface area contributed by atoms with E-state index in [1.54, 1.807) is 7.05 Å². The molecule has 5 heteroatoms. The van der Waals surface area contributed by atoms with E-state index in [0.717, 1.165) is 42.9 Å². The fourth-order valence-corrected chi connectivity index (χ4v) is 3.45. The van der Waals surface area contributed by atoms with Gasteiger partial charge in [0.25, 0.3) is 0 Å². The van der Waals surface area contributed by atoms with Crippen molar-refractivity contribution in [1.29, 1.82) is 0 Å². The molecule has 2 aliphatic heterocycles. The molecule has 2 atom stereocenters. The summed E-state index contributed by atoms with van der Waals surface area (Å²) >= 11 is 0. The van der Waals surface area contributed by atoms with E-state index in [1.807, 2.05) is 6.07 Å². The first kappa shape index (κ1) is 14.4. The highest BCUT2D eigenvalue weighted by atomic mass is 16.3. The highest BCUT2D eigenvalue weighted by molar-refractivity contribution is 6.03. The standard InChI is InChI=1S/C16H23N3O2/c1-17-15-13-5-4-12(9-14(13)18-16(15)21)19-7-2-3-11(10-19)6-8-20/h4-5,9,11,15,17,20H,2-3,6-8,10H2,1H3,(H,18,21). The van der Waals surface area contributed by atoms with Crippen LogP contribution in [0.25, 0.3) is 0 Å². The van der Waals surface area contributed by atoms with E-state index in [0.29, 0.717) is 5.92 Å². The van der Waals surface area contributed by atoms with Gasteiger partial charge in [-0.05, 0) is 44.4 Å². The lowest BCUT2D eigenvalue weighted by Crippen LogP contribution is -2.35. The van der Waals surface area contributed by atoms with Crippen molar-refractivity contribution in [3.8, 4) is 0 Å². The number of aliphatic hydroxyl groups is 1. The van der Waals surface area contributed by atoms with Crippen LogP contribution in [0.15, 0.2) is 18.2 Å². The second-order valence-corrected chi connectivity index (χ2v) is 5.95. The van der Waals surface area contributed by atoms with Gasteiger partial charge in [0.05, 0.1) is 0 Å². The Kier molecular flexibility index (Phi) is 4.12. The van der Waals surface area contributed by atoms with Crippen LogP contribution in [0.5, 0.6) is 0 Å². The van der Waals surface area contributed by atoms with Crippen molar-refractivity contribution in [3.05, 3.63) is 23.8 Å². The molecule has 3 rings (SSSR count). The van der Waals surface area contributed by atoms with Crippen LogP contribution in [0.4, 0.5) is 11.4 Å². The van der Waals surface area contributed by atoms with E-state index in [4.69, 9.17) is 5.11 Å². The monoisotopic (exact) mass is 289 g/mol. The predicted molar refractivity (Wildman–Crippen MR) is 83.5 cm³/mol. The van der Waals surface area contributed by atoms with Gasteiger partial charge in [0.2, 0.25) is 5.91 Å². The topological polar surface area (TPSA) is 64.6 Å². The van der Waals surface area contributed by atoms with Crippen molar-refractivity contribution in [2.45, 2.75) is 25.3 Å². The summed E-state index contributed by atoms with van der Waals surface area (Å²) < 4.78 is 0. The van der Waals surface area contributed by atoms with Crippen LogP contribution in [-0.4, -0.2) is 37.8 Å². The number of hydrogen-bond donors (Lipinski definition) is 3. The summed E-state index contributed by atoms with van der Waals surface area (Å²) in [4.78, 5) is 14.2. The number of rotatable bonds is 4. The average molecular weight is 289 g/mol. The molecule has 21 heavy (non-hydrogen) atoms. The maximum absolute atomic E-state index is 11.9. The molecule has 1 amide bonds.